The number of H-pyrrole nitrogens is 1. The third kappa shape index (κ3) is 4.13. The summed E-state index contributed by atoms with van der Waals surface area (Å²) in [5.41, 5.74) is -0.199. The fourth-order valence-electron chi connectivity index (χ4n) is 4.12. The van der Waals surface area contributed by atoms with E-state index in [-0.39, 0.29) is 35.6 Å². The molecule has 12 nitrogen and oxygen atoms in total. The van der Waals surface area contributed by atoms with E-state index in [1.807, 2.05) is 0 Å². The number of rotatable bonds is 5. The number of nitrogens with one attached hydrogen (secondary N) is 2. The van der Waals surface area contributed by atoms with Crippen LogP contribution in [0.2, 0.25) is 0 Å². The average Bonchev–Trinajstić information content (AvgIpc) is 3.14. The highest BCUT2D eigenvalue weighted by molar-refractivity contribution is 7.89. The van der Waals surface area contributed by atoms with Crippen molar-refractivity contribution in [1.29, 1.82) is 5.26 Å². The summed E-state index contributed by atoms with van der Waals surface area (Å²) in [7, 11) is -3.85. The lowest BCUT2D eigenvalue weighted by Crippen LogP contribution is -2.48. The summed E-state index contributed by atoms with van der Waals surface area (Å²) in [6.07, 6.45) is 1.28. The van der Waals surface area contributed by atoms with E-state index in [2.05, 4.69) is 21.5 Å². The van der Waals surface area contributed by atoms with Gasteiger partial charge < -0.3 is 20.3 Å². The molecule has 0 aliphatic carbocycles. The van der Waals surface area contributed by atoms with Gasteiger partial charge in [-0.15, -0.1) is 0 Å². The number of carbonyl (C=O) groups is 1. The van der Waals surface area contributed by atoms with Crippen molar-refractivity contribution in [2.45, 2.75) is 29.7 Å². The van der Waals surface area contributed by atoms with Crippen molar-refractivity contribution in [3.8, 4) is 6.07 Å². The van der Waals surface area contributed by atoms with Gasteiger partial charge in [-0.1, -0.05) is 0 Å². The number of piperidine rings is 1. The van der Waals surface area contributed by atoms with Gasteiger partial charge in [0, 0.05) is 25.0 Å². The molecule has 0 spiro atoms. The predicted octanol–water partition coefficient (Wildman–Crippen LogP) is 1.50. The molecule has 5 N–H and O–H groups in total. The minimum atomic E-state index is -3.85. The van der Waals surface area contributed by atoms with Crippen molar-refractivity contribution in [2.24, 2.45) is 5.14 Å². The molecule has 13 heteroatoms. The molecule has 0 bridgehead atoms. The highest BCUT2D eigenvalue weighted by Crippen LogP contribution is 2.37. The fraction of sp³-hybridized carbons (Fsp3) is 0.300. The number of anilines is 2. The van der Waals surface area contributed by atoms with E-state index >= 15 is 0 Å². The number of nitriles is 1. The summed E-state index contributed by atoms with van der Waals surface area (Å²) in [5, 5.41) is 31.9. The molecule has 0 unspecified atom stereocenters. The first-order valence-electron chi connectivity index (χ1n) is 10.0. The predicted molar refractivity (Wildman–Crippen MR) is 118 cm³/mol. The van der Waals surface area contributed by atoms with Gasteiger partial charge in [0.1, 0.15) is 5.39 Å². The van der Waals surface area contributed by atoms with E-state index in [9.17, 15) is 28.4 Å². The number of likely N-dealkylation sites (tertiary alicyclic amines) is 1. The second kappa shape index (κ2) is 8.23. The van der Waals surface area contributed by atoms with Gasteiger partial charge in [0.25, 0.3) is 5.56 Å². The van der Waals surface area contributed by atoms with Crippen LogP contribution in [0.5, 0.6) is 0 Å². The van der Waals surface area contributed by atoms with Crippen molar-refractivity contribution in [2.75, 3.05) is 18.4 Å². The largest absolute Gasteiger partial charge is 0.465 e. The van der Waals surface area contributed by atoms with Crippen molar-refractivity contribution >= 4 is 38.5 Å². The zero-order valence-corrected chi connectivity index (χ0v) is 18.2. The van der Waals surface area contributed by atoms with Crippen LogP contribution in [0, 0.1) is 11.3 Å². The topological polar surface area (TPSA) is 187 Å². The molecule has 0 atom stereocenters. The Morgan fingerprint density at radius 2 is 1.94 bits per heavy atom. The van der Waals surface area contributed by atoms with Crippen LogP contribution in [0.3, 0.4) is 0 Å². The first kappa shape index (κ1) is 22.3. The number of aromatic amines is 1. The number of pyridine rings is 1. The second-order valence-corrected chi connectivity index (χ2v) is 9.41. The van der Waals surface area contributed by atoms with Crippen LogP contribution in [0.25, 0.3) is 10.9 Å². The first-order chi connectivity index (χ1) is 15.6. The Hall–Kier alpha value is -3.89. The van der Waals surface area contributed by atoms with Crippen molar-refractivity contribution < 1.29 is 18.3 Å². The van der Waals surface area contributed by atoms with Crippen LogP contribution < -0.4 is 16.0 Å². The van der Waals surface area contributed by atoms with E-state index in [0.717, 1.165) is 0 Å². The van der Waals surface area contributed by atoms with Crippen LogP contribution >= 0.6 is 0 Å². The van der Waals surface area contributed by atoms with E-state index in [0.29, 0.717) is 24.0 Å². The maximum atomic E-state index is 12.7. The Balaban J connectivity index is 1.78. The number of carboxylic acid groups (broad SMARTS) is 1. The van der Waals surface area contributed by atoms with Gasteiger partial charge in [0.2, 0.25) is 10.0 Å². The Kier molecular flexibility index (Phi) is 5.56. The monoisotopic (exact) mass is 471 g/mol. The number of hydrogen-bond acceptors (Lipinski definition) is 7. The minimum Gasteiger partial charge on any atom is -0.465 e. The number of fused-ring (bicyclic) bond motifs is 1. The smallest absolute Gasteiger partial charge is 0.407 e. The van der Waals surface area contributed by atoms with E-state index in [1.54, 1.807) is 10.7 Å². The molecule has 1 aliphatic rings. The SMILES string of the molecule is N#CCC1(n2nc(Nc3ccc(S(N)(=O)=O)cc3)c3c(=O)[nH]ccc32)CCN(C(=O)O)CC1. The van der Waals surface area contributed by atoms with Gasteiger partial charge in [0.05, 0.1) is 28.4 Å². The summed E-state index contributed by atoms with van der Waals surface area (Å²) in [4.78, 5) is 27.9. The molecular formula is C20H21N7O5S. The Bertz CT molecular complexity index is 1410. The van der Waals surface area contributed by atoms with Crippen molar-refractivity contribution in [3.63, 3.8) is 0 Å². The minimum absolute atomic E-state index is 0.0561. The van der Waals surface area contributed by atoms with Crippen LogP contribution in [0.15, 0.2) is 46.2 Å². The first-order valence-corrected chi connectivity index (χ1v) is 11.5. The molecule has 1 aromatic carbocycles. The molecule has 172 valence electrons. The van der Waals surface area contributed by atoms with E-state index < -0.39 is 27.2 Å². The lowest BCUT2D eigenvalue weighted by Gasteiger charge is -2.40. The maximum Gasteiger partial charge on any atom is 0.407 e. The molecule has 2 aromatic heterocycles. The molecule has 33 heavy (non-hydrogen) atoms. The quantitative estimate of drug-likeness (QED) is 0.431. The molecule has 3 heterocycles. The Labute approximate surface area is 188 Å². The van der Waals surface area contributed by atoms with Crippen molar-refractivity contribution in [3.05, 3.63) is 46.9 Å². The average molecular weight is 471 g/mol. The lowest BCUT2D eigenvalue weighted by atomic mass is 9.85. The van der Waals surface area contributed by atoms with Crippen LogP contribution in [-0.2, 0) is 15.6 Å². The van der Waals surface area contributed by atoms with Gasteiger partial charge in [0.15, 0.2) is 5.82 Å². The molecule has 0 saturated carbocycles. The summed E-state index contributed by atoms with van der Waals surface area (Å²) in [6.45, 7) is 0.471. The summed E-state index contributed by atoms with van der Waals surface area (Å²) >= 11 is 0. The van der Waals surface area contributed by atoms with Gasteiger partial charge >= 0.3 is 6.09 Å². The molecule has 1 fully saturated rings. The van der Waals surface area contributed by atoms with Gasteiger partial charge in [-0.2, -0.15) is 10.4 Å². The fourth-order valence-corrected chi connectivity index (χ4v) is 4.63. The van der Waals surface area contributed by atoms with Crippen LogP contribution in [0.4, 0.5) is 16.3 Å². The van der Waals surface area contributed by atoms with Crippen molar-refractivity contribution in [1.82, 2.24) is 19.7 Å². The standard InChI is InChI=1S/C20H21N7O5S/c21-9-6-20(7-11-26(12-8-20)19(29)30)27-15-5-10-23-18(28)16(15)17(25-27)24-13-1-3-14(4-2-13)33(22,31)32/h1-5,10H,6-8,11-12H2,(H,23,28)(H,24,25)(H,29,30)(H2,22,31,32). The second-order valence-electron chi connectivity index (χ2n) is 7.85. The van der Waals surface area contributed by atoms with Crippen LogP contribution in [0.1, 0.15) is 19.3 Å². The molecule has 4 rings (SSSR count). The number of nitrogens with two attached hydrogens (primary N) is 1. The maximum absolute atomic E-state index is 12.7. The molecule has 0 radical (unpaired) electrons. The molecule has 1 saturated heterocycles. The number of benzene rings is 1. The normalized spacial score (nSPS) is 15.8. The number of hydrogen-bond donors (Lipinski definition) is 4. The van der Waals surface area contributed by atoms with E-state index in [1.165, 1.54) is 35.4 Å². The highest BCUT2D eigenvalue weighted by Gasteiger charge is 2.40. The number of aromatic nitrogens is 3. The van der Waals surface area contributed by atoms with Crippen LogP contribution in [-0.4, -0.2) is 52.4 Å². The number of nitrogens with zero attached hydrogens (tertiary/aromatic N) is 4. The number of primary sulfonamides is 1. The Morgan fingerprint density at radius 3 is 2.52 bits per heavy atom. The molecule has 1 aliphatic heterocycles. The molecule has 1 amide bonds. The summed E-state index contributed by atoms with van der Waals surface area (Å²) in [5.74, 6) is 0.230. The van der Waals surface area contributed by atoms with Gasteiger partial charge in [-0.3, -0.25) is 9.48 Å². The third-order valence-corrected chi connectivity index (χ3v) is 6.80. The zero-order chi connectivity index (χ0) is 23.8. The number of amides is 1. The zero-order valence-electron chi connectivity index (χ0n) is 17.4. The summed E-state index contributed by atoms with van der Waals surface area (Å²) in [6, 6.07) is 9.52. The highest BCUT2D eigenvalue weighted by atomic mass is 32.2. The Morgan fingerprint density at radius 1 is 1.27 bits per heavy atom. The molecular weight excluding hydrogens is 450 g/mol. The third-order valence-electron chi connectivity index (χ3n) is 5.87. The summed E-state index contributed by atoms with van der Waals surface area (Å²) < 4.78 is 24.6. The van der Waals surface area contributed by atoms with E-state index in [4.69, 9.17) is 5.14 Å². The lowest BCUT2D eigenvalue weighted by molar-refractivity contribution is 0.0912. The molecule has 3 aromatic rings. The van der Waals surface area contributed by atoms with Gasteiger partial charge in [-0.05, 0) is 43.2 Å². The van der Waals surface area contributed by atoms with Gasteiger partial charge in [-0.25, -0.2) is 18.4 Å². The number of sulfonamides is 1.